The first kappa shape index (κ1) is 25.8. The number of nitrogens with zero attached hydrogens (tertiary/aromatic N) is 2. The zero-order valence-corrected chi connectivity index (χ0v) is 21.1. The number of piperidine rings is 1. The van der Waals surface area contributed by atoms with Crippen LogP contribution in [0.3, 0.4) is 0 Å². The molecular weight excluding hydrogens is 500 g/mol. The third kappa shape index (κ3) is 5.70. The molecule has 1 saturated heterocycles. The van der Waals surface area contributed by atoms with Crippen LogP contribution >= 0.6 is 11.8 Å². The van der Waals surface area contributed by atoms with Crippen LogP contribution in [0.1, 0.15) is 48.0 Å². The van der Waals surface area contributed by atoms with Crippen molar-refractivity contribution >= 4 is 28.9 Å². The molecule has 0 aliphatic carbocycles. The van der Waals surface area contributed by atoms with Gasteiger partial charge in [-0.05, 0) is 93.4 Å². The SMILES string of the molecule is O=C(c1ccc(F)cc1)C1CCCCN1CCCCN1c2ccccc2Sc2ccc(C(F)(F)F)cc21. The van der Waals surface area contributed by atoms with Gasteiger partial charge in [0.15, 0.2) is 5.78 Å². The van der Waals surface area contributed by atoms with E-state index in [1.807, 2.05) is 29.2 Å². The molecule has 194 valence electrons. The first-order valence-electron chi connectivity index (χ1n) is 12.6. The smallest absolute Gasteiger partial charge is 0.340 e. The first-order chi connectivity index (χ1) is 17.8. The molecule has 8 heteroatoms. The molecule has 0 bridgehead atoms. The van der Waals surface area contributed by atoms with Gasteiger partial charge in [0.1, 0.15) is 5.82 Å². The zero-order valence-electron chi connectivity index (χ0n) is 20.3. The van der Waals surface area contributed by atoms with Crippen molar-refractivity contribution in [1.29, 1.82) is 0 Å². The number of rotatable bonds is 7. The number of carbonyl (C=O) groups is 1. The van der Waals surface area contributed by atoms with Gasteiger partial charge in [-0.15, -0.1) is 0 Å². The summed E-state index contributed by atoms with van der Waals surface area (Å²) >= 11 is 1.49. The largest absolute Gasteiger partial charge is 0.416 e. The summed E-state index contributed by atoms with van der Waals surface area (Å²) in [5, 5.41) is 0. The van der Waals surface area contributed by atoms with Gasteiger partial charge in [0.05, 0.1) is 23.0 Å². The molecule has 0 saturated carbocycles. The number of Topliss-reactive ketones (excluding diaryl/α,β-unsaturated/α-hetero) is 1. The normalized spacial score (nSPS) is 17.8. The Morgan fingerprint density at radius 1 is 0.892 bits per heavy atom. The summed E-state index contributed by atoms with van der Waals surface area (Å²) in [6.45, 7) is 2.14. The summed E-state index contributed by atoms with van der Waals surface area (Å²) in [6, 6.07) is 17.2. The van der Waals surface area contributed by atoms with Crippen molar-refractivity contribution in [3.63, 3.8) is 0 Å². The number of anilines is 2. The lowest BCUT2D eigenvalue weighted by atomic mass is 9.94. The number of para-hydroxylation sites is 1. The van der Waals surface area contributed by atoms with E-state index >= 15 is 0 Å². The Hall–Kier alpha value is -2.84. The van der Waals surface area contributed by atoms with Crippen LogP contribution in [0.15, 0.2) is 76.5 Å². The van der Waals surface area contributed by atoms with E-state index in [9.17, 15) is 22.4 Å². The van der Waals surface area contributed by atoms with Crippen molar-refractivity contribution in [2.24, 2.45) is 0 Å². The van der Waals surface area contributed by atoms with Gasteiger partial charge in [-0.3, -0.25) is 9.69 Å². The number of halogens is 4. The fraction of sp³-hybridized carbons (Fsp3) is 0.345. The minimum Gasteiger partial charge on any atom is -0.340 e. The van der Waals surface area contributed by atoms with Crippen molar-refractivity contribution in [3.05, 3.63) is 83.7 Å². The number of unbranched alkanes of at least 4 members (excludes halogenated alkanes) is 1. The maximum absolute atomic E-state index is 13.5. The highest BCUT2D eigenvalue weighted by Crippen LogP contribution is 2.49. The second kappa shape index (κ2) is 10.9. The molecule has 2 heterocycles. The quantitative estimate of drug-likeness (QED) is 0.176. The number of carbonyl (C=O) groups excluding carboxylic acids is 1. The number of benzene rings is 3. The molecular formula is C29H28F4N2OS. The fourth-order valence-corrected chi connectivity index (χ4v) is 6.27. The standard InChI is InChI=1S/C29H28F4N2OS/c30-22-13-10-20(11-14-22)28(36)24-8-3-4-16-34(24)17-5-6-18-35-23-7-1-2-9-26(23)37-27-15-12-21(19-25(27)35)29(31,32)33/h1-2,7,9-15,19,24H,3-6,8,16-18H2. The molecule has 1 unspecified atom stereocenters. The molecule has 5 rings (SSSR count). The van der Waals surface area contributed by atoms with Crippen LogP contribution in [0.5, 0.6) is 0 Å². The number of ketones is 1. The lowest BCUT2D eigenvalue weighted by Crippen LogP contribution is -2.45. The minimum absolute atomic E-state index is 0.0234. The Morgan fingerprint density at radius 3 is 2.41 bits per heavy atom. The van der Waals surface area contributed by atoms with E-state index in [0.717, 1.165) is 66.7 Å². The second-order valence-electron chi connectivity index (χ2n) is 9.53. The maximum atomic E-state index is 13.5. The van der Waals surface area contributed by atoms with E-state index in [4.69, 9.17) is 0 Å². The number of fused-ring (bicyclic) bond motifs is 2. The van der Waals surface area contributed by atoms with Gasteiger partial charge in [-0.1, -0.05) is 30.3 Å². The molecule has 3 nitrogen and oxygen atoms in total. The molecule has 2 aliphatic rings. The van der Waals surface area contributed by atoms with Gasteiger partial charge >= 0.3 is 6.18 Å². The molecule has 0 N–H and O–H groups in total. The van der Waals surface area contributed by atoms with E-state index in [2.05, 4.69) is 4.90 Å². The number of likely N-dealkylation sites (tertiary alicyclic amines) is 1. The highest BCUT2D eigenvalue weighted by Gasteiger charge is 2.33. The zero-order chi connectivity index (χ0) is 26.0. The minimum atomic E-state index is -4.40. The predicted octanol–water partition coefficient (Wildman–Crippen LogP) is 7.96. The summed E-state index contributed by atoms with van der Waals surface area (Å²) < 4.78 is 53.7. The van der Waals surface area contributed by atoms with Gasteiger partial charge < -0.3 is 4.90 Å². The first-order valence-corrected chi connectivity index (χ1v) is 13.4. The lowest BCUT2D eigenvalue weighted by Gasteiger charge is -2.36. The topological polar surface area (TPSA) is 23.6 Å². The molecule has 3 aromatic carbocycles. The van der Waals surface area contributed by atoms with Crippen molar-refractivity contribution < 1.29 is 22.4 Å². The molecule has 0 spiro atoms. The molecule has 2 aliphatic heterocycles. The molecule has 0 aromatic heterocycles. The number of alkyl halides is 3. The average molecular weight is 529 g/mol. The molecule has 0 amide bonds. The third-order valence-electron chi connectivity index (χ3n) is 7.08. The predicted molar refractivity (Wildman–Crippen MR) is 138 cm³/mol. The van der Waals surface area contributed by atoms with E-state index in [-0.39, 0.29) is 17.6 Å². The lowest BCUT2D eigenvalue weighted by molar-refractivity contribution is -0.137. The van der Waals surface area contributed by atoms with Crippen LogP contribution in [-0.2, 0) is 6.18 Å². The van der Waals surface area contributed by atoms with Crippen LogP contribution < -0.4 is 4.90 Å². The summed E-state index contributed by atoms with van der Waals surface area (Å²) in [6.07, 6.45) is -0.0364. The van der Waals surface area contributed by atoms with Crippen molar-refractivity contribution in [3.8, 4) is 0 Å². The summed E-state index contributed by atoms with van der Waals surface area (Å²) in [4.78, 5) is 19.2. The third-order valence-corrected chi connectivity index (χ3v) is 8.21. The maximum Gasteiger partial charge on any atom is 0.416 e. The van der Waals surface area contributed by atoms with Crippen LogP contribution in [0, 0.1) is 5.82 Å². The number of hydrogen-bond acceptors (Lipinski definition) is 4. The molecule has 37 heavy (non-hydrogen) atoms. The highest BCUT2D eigenvalue weighted by atomic mass is 32.2. The second-order valence-corrected chi connectivity index (χ2v) is 10.6. The van der Waals surface area contributed by atoms with Gasteiger partial charge in [0.2, 0.25) is 0 Å². The fourth-order valence-electron chi connectivity index (χ4n) is 5.19. The molecule has 0 radical (unpaired) electrons. The average Bonchev–Trinajstić information content (AvgIpc) is 2.90. The Bertz CT molecular complexity index is 1260. The van der Waals surface area contributed by atoms with Crippen molar-refractivity contribution in [2.45, 2.75) is 54.1 Å². The van der Waals surface area contributed by atoms with Crippen molar-refractivity contribution in [2.75, 3.05) is 24.5 Å². The highest BCUT2D eigenvalue weighted by molar-refractivity contribution is 7.99. The Morgan fingerprint density at radius 2 is 1.62 bits per heavy atom. The van der Waals surface area contributed by atoms with Gasteiger partial charge in [0, 0.05) is 21.9 Å². The Balaban J connectivity index is 1.28. The van der Waals surface area contributed by atoms with Crippen LogP contribution in [0.25, 0.3) is 0 Å². The van der Waals surface area contributed by atoms with E-state index in [1.54, 1.807) is 18.2 Å². The summed E-state index contributed by atoms with van der Waals surface area (Å²) in [5.74, 6) is -0.339. The summed E-state index contributed by atoms with van der Waals surface area (Å²) in [7, 11) is 0. The van der Waals surface area contributed by atoms with Crippen LogP contribution in [0.4, 0.5) is 28.9 Å². The molecule has 1 atom stereocenters. The van der Waals surface area contributed by atoms with Gasteiger partial charge in [-0.2, -0.15) is 13.2 Å². The van der Waals surface area contributed by atoms with E-state index in [1.165, 1.54) is 30.0 Å². The summed E-state index contributed by atoms with van der Waals surface area (Å²) in [5.41, 5.74) is 1.38. The number of hydrogen-bond donors (Lipinski definition) is 0. The van der Waals surface area contributed by atoms with Crippen LogP contribution in [-0.4, -0.2) is 36.4 Å². The Labute approximate surface area is 218 Å². The van der Waals surface area contributed by atoms with Gasteiger partial charge in [-0.25, -0.2) is 4.39 Å². The molecule has 1 fully saturated rings. The Kier molecular flexibility index (Phi) is 7.58. The van der Waals surface area contributed by atoms with E-state index < -0.39 is 11.7 Å². The van der Waals surface area contributed by atoms with Crippen LogP contribution in [0.2, 0.25) is 0 Å². The monoisotopic (exact) mass is 528 g/mol. The van der Waals surface area contributed by atoms with Crippen molar-refractivity contribution in [1.82, 2.24) is 4.90 Å². The van der Waals surface area contributed by atoms with E-state index in [0.29, 0.717) is 17.8 Å². The van der Waals surface area contributed by atoms with Gasteiger partial charge in [0.25, 0.3) is 0 Å². The molecule has 3 aromatic rings.